The van der Waals surface area contributed by atoms with Crippen molar-refractivity contribution in [1.29, 1.82) is 0 Å². The number of benzene rings is 1. The van der Waals surface area contributed by atoms with E-state index in [0.717, 1.165) is 11.3 Å². The van der Waals surface area contributed by atoms with Crippen LogP contribution < -0.4 is 5.32 Å². The number of ether oxygens (including phenoxy) is 1. The van der Waals surface area contributed by atoms with E-state index in [0.29, 0.717) is 13.0 Å². The molecule has 6 nitrogen and oxygen atoms in total. The highest BCUT2D eigenvalue weighted by molar-refractivity contribution is 5.89. The Morgan fingerprint density at radius 3 is 2.80 bits per heavy atom. The zero-order valence-corrected chi connectivity index (χ0v) is 14.2. The Labute approximate surface area is 146 Å². The third kappa shape index (κ3) is 4.48. The maximum atomic E-state index is 12.7. The summed E-state index contributed by atoms with van der Waals surface area (Å²) in [5.41, 5.74) is 0.985. The van der Waals surface area contributed by atoms with Gasteiger partial charge in [-0.15, -0.1) is 0 Å². The van der Waals surface area contributed by atoms with E-state index in [4.69, 9.17) is 9.15 Å². The van der Waals surface area contributed by atoms with Crippen LogP contribution in [0, 0.1) is 0 Å². The lowest BCUT2D eigenvalue weighted by atomic mass is 10.1. The van der Waals surface area contributed by atoms with Gasteiger partial charge in [0.2, 0.25) is 11.8 Å². The molecule has 1 aliphatic heterocycles. The average molecular weight is 342 g/mol. The van der Waals surface area contributed by atoms with Gasteiger partial charge in [0.1, 0.15) is 18.4 Å². The number of furan rings is 1. The highest BCUT2D eigenvalue weighted by atomic mass is 16.5. The van der Waals surface area contributed by atoms with Gasteiger partial charge in [0, 0.05) is 19.0 Å². The Hall–Kier alpha value is -2.60. The molecule has 2 atom stereocenters. The highest BCUT2D eigenvalue weighted by Crippen LogP contribution is 2.14. The molecule has 1 fully saturated rings. The average Bonchev–Trinajstić information content (AvgIpc) is 3.10. The first-order chi connectivity index (χ1) is 12.1. The van der Waals surface area contributed by atoms with Crippen molar-refractivity contribution in [2.75, 3.05) is 13.2 Å². The molecule has 2 unspecified atom stereocenters. The molecular weight excluding hydrogens is 320 g/mol. The molecule has 1 N–H and O–H groups in total. The molecule has 25 heavy (non-hydrogen) atoms. The SMILES string of the molecule is CC(Cc1ccco1)NC(=O)C1COCC(=O)N1Cc1ccccc1. The molecule has 1 aromatic heterocycles. The summed E-state index contributed by atoms with van der Waals surface area (Å²) in [6.45, 7) is 2.53. The monoisotopic (exact) mass is 342 g/mol. The maximum absolute atomic E-state index is 12.7. The Morgan fingerprint density at radius 2 is 2.08 bits per heavy atom. The lowest BCUT2D eigenvalue weighted by Gasteiger charge is -2.35. The predicted octanol–water partition coefficient (Wildman–Crippen LogP) is 1.75. The van der Waals surface area contributed by atoms with Gasteiger partial charge in [-0.3, -0.25) is 9.59 Å². The van der Waals surface area contributed by atoms with E-state index >= 15 is 0 Å². The number of nitrogens with zero attached hydrogens (tertiary/aromatic N) is 1. The van der Waals surface area contributed by atoms with Crippen LogP contribution in [0.25, 0.3) is 0 Å². The molecule has 1 saturated heterocycles. The van der Waals surface area contributed by atoms with E-state index in [9.17, 15) is 9.59 Å². The highest BCUT2D eigenvalue weighted by Gasteiger charge is 2.34. The number of carbonyl (C=O) groups is 2. The van der Waals surface area contributed by atoms with Gasteiger partial charge in [-0.1, -0.05) is 30.3 Å². The number of hydrogen-bond acceptors (Lipinski definition) is 4. The van der Waals surface area contributed by atoms with Crippen LogP contribution in [0.2, 0.25) is 0 Å². The van der Waals surface area contributed by atoms with Gasteiger partial charge >= 0.3 is 0 Å². The van der Waals surface area contributed by atoms with Crippen molar-refractivity contribution in [3.05, 3.63) is 60.1 Å². The smallest absolute Gasteiger partial charge is 0.249 e. The summed E-state index contributed by atoms with van der Waals surface area (Å²) in [6.07, 6.45) is 2.21. The minimum Gasteiger partial charge on any atom is -0.469 e. The summed E-state index contributed by atoms with van der Waals surface area (Å²) in [6, 6.07) is 12.6. The van der Waals surface area contributed by atoms with Crippen LogP contribution in [0.1, 0.15) is 18.2 Å². The van der Waals surface area contributed by atoms with Crippen LogP contribution in [0.3, 0.4) is 0 Å². The predicted molar refractivity (Wildman–Crippen MR) is 91.6 cm³/mol. The van der Waals surface area contributed by atoms with E-state index in [1.165, 1.54) is 0 Å². The standard InChI is InChI=1S/C19H22N2O4/c1-14(10-16-8-5-9-25-16)20-19(23)17-12-24-13-18(22)21(17)11-15-6-3-2-4-7-15/h2-9,14,17H,10-13H2,1H3,(H,20,23). The lowest BCUT2D eigenvalue weighted by molar-refractivity contribution is -0.155. The van der Waals surface area contributed by atoms with Gasteiger partial charge in [-0.2, -0.15) is 0 Å². The van der Waals surface area contributed by atoms with Crippen LogP contribution in [-0.4, -0.2) is 42.0 Å². The van der Waals surface area contributed by atoms with Crippen molar-refractivity contribution < 1.29 is 18.7 Å². The molecule has 0 saturated carbocycles. The molecule has 3 rings (SSSR count). The Bertz CT molecular complexity index is 699. The number of amides is 2. The van der Waals surface area contributed by atoms with Gasteiger partial charge in [0.05, 0.1) is 12.9 Å². The zero-order chi connectivity index (χ0) is 17.6. The van der Waals surface area contributed by atoms with E-state index in [-0.39, 0.29) is 31.1 Å². The van der Waals surface area contributed by atoms with Gasteiger partial charge in [-0.25, -0.2) is 0 Å². The van der Waals surface area contributed by atoms with Gasteiger partial charge in [0.15, 0.2) is 0 Å². The summed E-state index contributed by atoms with van der Waals surface area (Å²) < 4.78 is 10.6. The van der Waals surface area contributed by atoms with Crippen LogP contribution >= 0.6 is 0 Å². The van der Waals surface area contributed by atoms with Crippen LogP contribution in [0.4, 0.5) is 0 Å². The fourth-order valence-electron chi connectivity index (χ4n) is 2.92. The molecular formula is C19H22N2O4. The molecule has 132 valence electrons. The number of carbonyl (C=O) groups excluding carboxylic acids is 2. The molecule has 0 radical (unpaired) electrons. The quantitative estimate of drug-likeness (QED) is 0.868. The molecule has 6 heteroatoms. The Kier molecular flexibility index (Phi) is 5.50. The van der Waals surface area contributed by atoms with Crippen LogP contribution in [0.5, 0.6) is 0 Å². The number of morpholine rings is 1. The second-order valence-electron chi connectivity index (χ2n) is 6.23. The van der Waals surface area contributed by atoms with E-state index in [1.807, 2.05) is 49.4 Å². The molecule has 2 heterocycles. The van der Waals surface area contributed by atoms with Crippen molar-refractivity contribution in [1.82, 2.24) is 10.2 Å². The van der Waals surface area contributed by atoms with Crippen molar-refractivity contribution >= 4 is 11.8 Å². The lowest BCUT2D eigenvalue weighted by Crippen LogP contribution is -2.57. The van der Waals surface area contributed by atoms with Gasteiger partial charge in [0.25, 0.3) is 0 Å². The summed E-state index contributed by atoms with van der Waals surface area (Å²) in [5.74, 6) is 0.432. The maximum Gasteiger partial charge on any atom is 0.249 e. The van der Waals surface area contributed by atoms with Crippen LogP contribution in [0.15, 0.2) is 53.1 Å². The molecule has 0 aliphatic carbocycles. The van der Waals surface area contributed by atoms with E-state index in [1.54, 1.807) is 11.2 Å². The normalized spacial score (nSPS) is 18.8. The number of hydrogen-bond donors (Lipinski definition) is 1. The molecule has 2 amide bonds. The molecule has 1 aromatic carbocycles. The first-order valence-corrected chi connectivity index (χ1v) is 8.37. The fraction of sp³-hybridized carbons (Fsp3) is 0.368. The van der Waals surface area contributed by atoms with Crippen molar-refractivity contribution in [2.24, 2.45) is 0 Å². The van der Waals surface area contributed by atoms with Crippen molar-refractivity contribution in [3.8, 4) is 0 Å². The topological polar surface area (TPSA) is 71.8 Å². The molecule has 0 spiro atoms. The van der Waals surface area contributed by atoms with Crippen molar-refractivity contribution in [2.45, 2.75) is 32.0 Å². The zero-order valence-electron chi connectivity index (χ0n) is 14.2. The number of nitrogens with one attached hydrogen (secondary N) is 1. The summed E-state index contributed by atoms with van der Waals surface area (Å²) in [4.78, 5) is 26.5. The van der Waals surface area contributed by atoms with E-state index in [2.05, 4.69) is 5.32 Å². The second kappa shape index (κ2) is 7.98. The van der Waals surface area contributed by atoms with Crippen molar-refractivity contribution in [3.63, 3.8) is 0 Å². The van der Waals surface area contributed by atoms with E-state index < -0.39 is 6.04 Å². The largest absolute Gasteiger partial charge is 0.469 e. The minimum absolute atomic E-state index is 0.0125. The third-order valence-electron chi connectivity index (χ3n) is 4.17. The second-order valence-corrected chi connectivity index (χ2v) is 6.23. The number of rotatable bonds is 6. The molecule has 2 aromatic rings. The molecule has 1 aliphatic rings. The third-order valence-corrected chi connectivity index (χ3v) is 4.17. The molecule has 0 bridgehead atoms. The fourth-order valence-corrected chi connectivity index (χ4v) is 2.92. The van der Waals surface area contributed by atoms with Crippen LogP contribution in [-0.2, 0) is 27.3 Å². The van der Waals surface area contributed by atoms with Gasteiger partial charge in [-0.05, 0) is 24.6 Å². The summed E-state index contributed by atoms with van der Waals surface area (Å²) >= 11 is 0. The Morgan fingerprint density at radius 1 is 1.28 bits per heavy atom. The summed E-state index contributed by atoms with van der Waals surface area (Å²) in [7, 11) is 0. The first-order valence-electron chi connectivity index (χ1n) is 8.37. The van der Waals surface area contributed by atoms with Gasteiger partial charge < -0.3 is 19.4 Å². The first kappa shape index (κ1) is 17.2. The Balaban J connectivity index is 1.64. The summed E-state index contributed by atoms with van der Waals surface area (Å²) in [5, 5.41) is 2.95. The minimum atomic E-state index is -0.625.